The van der Waals surface area contributed by atoms with Gasteiger partial charge in [-0.15, -0.1) is 0 Å². The minimum Gasteiger partial charge on any atom is -0.393 e. The second-order valence-electron chi connectivity index (χ2n) is 10.9. The number of hydrogen-bond donors (Lipinski definition) is 2. The second kappa shape index (κ2) is 6.87. The van der Waals surface area contributed by atoms with E-state index < -0.39 is 0 Å². The monoisotopic (exact) mass is 384 g/mol. The predicted octanol–water partition coefficient (Wildman–Crippen LogP) is 4.35. The number of aliphatic hydroxyl groups is 1. The van der Waals surface area contributed by atoms with Gasteiger partial charge in [-0.1, -0.05) is 38.5 Å². The van der Waals surface area contributed by atoms with Crippen molar-refractivity contribution in [1.29, 1.82) is 0 Å². The summed E-state index contributed by atoms with van der Waals surface area (Å²) >= 11 is 0. The Morgan fingerprint density at radius 2 is 1.86 bits per heavy atom. The van der Waals surface area contributed by atoms with Crippen LogP contribution in [0, 0.1) is 34.5 Å². The number of hydrogen-bond acceptors (Lipinski definition) is 3. The maximum absolute atomic E-state index is 10.3. The number of allylic oxidation sites excluding steroid dienone is 3. The molecule has 1 saturated heterocycles. The van der Waals surface area contributed by atoms with Crippen molar-refractivity contribution in [3.63, 3.8) is 0 Å². The molecule has 0 unspecified atom stereocenters. The fraction of sp³-hybridized carbons (Fsp3) is 0.840. The average Bonchev–Trinajstić information content (AvgIpc) is 3.06. The maximum Gasteiger partial charge on any atom is 0.0577 e. The first kappa shape index (κ1) is 19.2. The zero-order valence-electron chi connectivity index (χ0n) is 18.2. The van der Waals surface area contributed by atoms with Crippen molar-refractivity contribution in [3.05, 3.63) is 23.4 Å². The van der Waals surface area contributed by atoms with Crippen molar-refractivity contribution >= 4 is 0 Å². The molecule has 0 aromatic rings. The Morgan fingerprint density at radius 1 is 1.11 bits per heavy atom. The molecule has 4 aliphatic carbocycles. The van der Waals surface area contributed by atoms with E-state index in [-0.39, 0.29) is 6.10 Å². The van der Waals surface area contributed by atoms with Gasteiger partial charge in [-0.05, 0) is 74.0 Å². The van der Waals surface area contributed by atoms with E-state index in [1.54, 1.807) is 11.3 Å². The third-order valence-electron chi connectivity index (χ3n) is 9.72. The largest absolute Gasteiger partial charge is 0.393 e. The van der Waals surface area contributed by atoms with Gasteiger partial charge in [0.15, 0.2) is 0 Å². The first-order valence-electron chi connectivity index (χ1n) is 12.0. The molecule has 0 radical (unpaired) electrons. The summed E-state index contributed by atoms with van der Waals surface area (Å²) < 4.78 is 0. The van der Waals surface area contributed by atoms with Crippen molar-refractivity contribution in [3.8, 4) is 0 Å². The van der Waals surface area contributed by atoms with Crippen LogP contribution in [0.3, 0.4) is 0 Å². The highest BCUT2D eigenvalue weighted by Crippen LogP contribution is 2.66. The van der Waals surface area contributed by atoms with E-state index in [2.05, 4.69) is 43.1 Å². The van der Waals surface area contributed by atoms with Gasteiger partial charge in [0.25, 0.3) is 0 Å². The summed E-state index contributed by atoms with van der Waals surface area (Å²) in [4.78, 5) is 2.71. The lowest BCUT2D eigenvalue weighted by atomic mass is 9.45. The molecule has 0 spiro atoms. The molecule has 1 aliphatic heterocycles. The smallest absolute Gasteiger partial charge is 0.0577 e. The van der Waals surface area contributed by atoms with E-state index in [0.29, 0.717) is 16.7 Å². The molecule has 2 saturated carbocycles. The summed E-state index contributed by atoms with van der Waals surface area (Å²) in [6.07, 6.45) is 13.6. The number of piperazine rings is 1. The Morgan fingerprint density at radius 3 is 2.61 bits per heavy atom. The first-order valence-corrected chi connectivity index (χ1v) is 12.0. The van der Waals surface area contributed by atoms with Crippen LogP contribution in [0.25, 0.3) is 0 Å². The molecule has 2 N–H and O–H groups in total. The first-order chi connectivity index (χ1) is 13.5. The molecule has 0 amide bonds. The number of fused-ring (bicyclic) bond motifs is 5. The van der Waals surface area contributed by atoms with Crippen LogP contribution in [0.2, 0.25) is 0 Å². The zero-order chi connectivity index (χ0) is 19.5. The fourth-order valence-corrected chi connectivity index (χ4v) is 8.14. The maximum atomic E-state index is 10.3. The molecule has 156 valence electrons. The minimum atomic E-state index is -0.102. The van der Waals surface area contributed by atoms with Crippen molar-refractivity contribution in [1.82, 2.24) is 10.2 Å². The van der Waals surface area contributed by atoms with Gasteiger partial charge in [0.1, 0.15) is 0 Å². The number of nitrogens with one attached hydrogen (secondary N) is 1. The van der Waals surface area contributed by atoms with Crippen LogP contribution >= 0.6 is 0 Å². The number of rotatable bonds is 2. The molecule has 0 aromatic carbocycles. The molecule has 5 aliphatic rings. The van der Waals surface area contributed by atoms with Crippen LogP contribution in [-0.4, -0.2) is 42.3 Å². The van der Waals surface area contributed by atoms with Crippen LogP contribution in [0.5, 0.6) is 0 Å². The van der Waals surface area contributed by atoms with E-state index in [1.807, 2.05) is 0 Å². The minimum absolute atomic E-state index is 0.102. The van der Waals surface area contributed by atoms with Crippen LogP contribution in [0.15, 0.2) is 23.4 Å². The summed E-state index contributed by atoms with van der Waals surface area (Å²) in [7, 11) is 0. The van der Waals surface area contributed by atoms with Crippen LogP contribution in [0.4, 0.5) is 0 Å². The molecule has 0 bridgehead atoms. The molecule has 3 nitrogen and oxygen atoms in total. The van der Waals surface area contributed by atoms with E-state index in [9.17, 15) is 5.11 Å². The normalized spacial score (nSPS) is 48.3. The van der Waals surface area contributed by atoms with E-state index in [1.165, 1.54) is 45.2 Å². The molecule has 1 heterocycles. The lowest BCUT2D eigenvalue weighted by Gasteiger charge is -2.60. The van der Waals surface area contributed by atoms with Gasteiger partial charge in [0, 0.05) is 37.3 Å². The lowest BCUT2D eigenvalue weighted by Crippen LogP contribution is -2.54. The standard InChI is InChI=1S/C25H40N2O/c1-4-17-15-18-16-19(28)7-9-24(18,2)21-8-10-25(3)20(23(17)21)5-6-22(25)27-13-11-26-12-14-27/h6,15,17,19-21,23,26,28H,4-5,7-14,16H2,1-3H3/t17-,19+,20+,21+,23+,24+,25+/m1/s1. The van der Waals surface area contributed by atoms with Crippen LogP contribution in [-0.2, 0) is 0 Å². The summed E-state index contributed by atoms with van der Waals surface area (Å²) in [6, 6.07) is 0. The fourth-order valence-electron chi connectivity index (χ4n) is 8.14. The highest BCUT2D eigenvalue weighted by molar-refractivity contribution is 5.31. The van der Waals surface area contributed by atoms with Crippen molar-refractivity contribution in [2.75, 3.05) is 26.2 Å². The van der Waals surface area contributed by atoms with Crippen molar-refractivity contribution in [2.45, 2.75) is 71.8 Å². The Labute approximate surface area is 171 Å². The highest BCUT2D eigenvalue weighted by atomic mass is 16.3. The highest BCUT2D eigenvalue weighted by Gasteiger charge is 2.59. The zero-order valence-corrected chi connectivity index (χ0v) is 18.2. The van der Waals surface area contributed by atoms with Crippen molar-refractivity contribution < 1.29 is 5.11 Å². The van der Waals surface area contributed by atoms with Crippen LogP contribution < -0.4 is 5.32 Å². The summed E-state index contributed by atoms with van der Waals surface area (Å²) in [5.41, 5.74) is 4.01. The second-order valence-corrected chi connectivity index (χ2v) is 10.9. The Bertz CT molecular complexity index is 678. The molecular formula is C25H40N2O. The molecule has 3 fully saturated rings. The third kappa shape index (κ3) is 2.68. The molecule has 5 rings (SSSR count). The average molecular weight is 385 g/mol. The quantitative estimate of drug-likeness (QED) is 0.695. The van der Waals surface area contributed by atoms with E-state index in [4.69, 9.17) is 0 Å². The van der Waals surface area contributed by atoms with Gasteiger partial charge in [-0.3, -0.25) is 0 Å². The predicted molar refractivity (Wildman–Crippen MR) is 115 cm³/mol. The van der Waals surface area contributed by atoms with Crippen LogP contribution in [0.1, 0.15) is 65.7 Å². The molecule has 0 aromatic heterocycles. The summed E-state index contributed by atoms with van der Waals surface area (Å²) in [6.45, 7) is 12.2. The van der Waals surface area contributed by atoms with E-state index >= 15 is 0 Å². The lowest BCUT2D eigenvalue weighted by molar-refractivity contribution is -0.0579. The molecule has 3 heteroatoms. The topological polar surface area (TPSA) is 35.5 Å². The van der Waals surface area contributed by atoms with Gasteiger partial charge >= 0.3 is 0 Å². The van der Waals surface area contributed by atoms with Gasteiger partial charge in [-0.25, -0.2) is 0 Å². The van der Waals surface area contributed by atoms with Crippen molar-refractivity contribution in [2.24, 2.45) is 34.5 Å². The SMILES string of the molecule is CC[C@@H]1C=C2C[C@@H](O)CC[C@]2(C)[C@H]2CC[C@]3(C)C(N4CCNCC4)=CC[C@H]3[C@H]12. The molecular weight excluding hydrogens is 344 g/mol. The third-order valence-corrected chi connectivity index (χ3v) is 9.72. The molecule has 28 heavy (non-hydrogen) atoms. The Hall–Kier alpha value is -0.800. The van der Waals surface area contributed by atoms with Gasteiger partial charge < -0.3 is 15.3 Å². The number of nitrogens with zero attached hydrogens (tertiary/aromatic N) is 1. The summed E-state index contributed by atoms with van der Waals surface area (Å²) in [5, 5.41) is 13.9. The van der Waals surface area contributed by atoms with Gasteiger partial charge in [0.05, 0.1) is 6.10 Å². The van der Waals surface area contributed by atoms with Gasteiger partial charge in [0.2, 0.25) is 0 Å². The van der Waals surface area contributed by atoms with Gasteiger partial charge in [-0.2, -0.15) is 0 Å². The Kier molecular flexibility index (Phi) is 4.71. The Balaban J connectivity index is 1.48. The number of aliphatic hydroxyl groups excluding tert-OH is 1. The van der Waals surface area contributed by atoms with E-state index in [0.717, 1.165) is 43.7 Å². The summed E-state index contributed by atoms with van der Waals surface area (Å²) in [5.74, 6) is 3.16. The molecule has 7 atom stereocenters.